The Kier molecular flexibility index (Phi) is 6.24. The van der Waals surface area contributed by atoms with Crippen molar-refractivity contribution in [3.05, 3.63) is 114 Å². The zero-order chi connectivity index (χ0) is 21.8. The number of hydrogen-bond donors (Lipinski definition) is 2. The fraction of sp³-hybridized carbons (Fsp3) is 0.286. The average Bonchev–Trinajstić information content (AvgIpc) is 3.34. The van der Waals surface area contributed by atoms with Crippen molar-refractivity contribution in [1.29, 1.82) is 0 Å². The van der Waals surface area contributed by atoms with Crippen molar-refractivity contribution in [3.63, 3.8) is 0 Å². The molecule has 0 amide bonds. The predicted octanol–water partition coefficient (Wildman–Crippen LogP) is 4.31. The molecule has 0 spiro atoms. The Balaban J connectivity index is 1.61. The number of piperazine rings is 1. The molecule has 0 bridgehead atoms. The van der Waals surface area contributed by atoms with Crippen LogP contribution in [0, 0.1) is 6.92 Å². The summed E-state index contributed by atoms with van der Waals surface area (Å²) in [5, 5.41) is 7.07. The molecule has 0 aromatic heterocycles. The Labute approximate surface area is 191 Å². The number of nitrogens with zero attached hydrogens (tertiary/aromatic N) is 2. The van der Waals surface area contributed by atoms with E-state index in [-0.39, 0.29) is 12.0 Å². The van der Waals surface area contributed by atoms with Gasteiger partial charge in [0, 0.05) is 44.0 Å². The highest BCUT2D eigenvalue weighted by Crippen LogP contribution is 2.38. The van der Waals surface area contributed by atoms with Crippen LogP contribution in [0.4, 0.5) is 5.69 Å². The van der Waals surface area contributed by atoms with Crippen molar-refractivity contribution < 1.29 is 0 Å². The van der Waals surface area contributed by atoms with E-state index in [9.17, 15) is 0 Å². The third kappa shape index (κ3) is 4.29. The average molecular weight is 425 g/mol. The summed E-state index contributed by atoms with van der Waals surface area (Å²) in [5.74, 6) is 0.245. The minimum absolute atomic E-state index is 0.234. The number of anilines is 1. The van der Waals surface area contributed by atoms with E-state index < -0.39 is 0 Å². The highest BCUT2D eigenvalue weighted by atomic mass is 15.3. The SMILES string of the molecule is Cc1ccc(N2CNC=C2C(C(c2ccccc2)c2ccccc2)N2CCNCC2)cc1. The van der Waals surface area contributed by atoms with Crippen LogP contribution in [-0.2, 0) is 0 Å². The molecular weight excluding hydrogens is 392 g/mol. The van der Waals surface area contributed by atoms with E-state index in [0.717, 1.165) is 32.8 Å². The van der Waals surface area contributed by atoms with Gasteiger partial charge in [-0.15, -0.1) is 0 Å². The first kappa shape index (κ1) is 20.8. The summed E-state index contributed by atoms with van der Waals surface area (Å²) in [6, 6.07) is 31.1. The minimum atomic E-state index is 0.234. The van der Waals surface area contributed by atoms with E-state index in [0.29, 0.717) is 0 Å². The fourth-order valence-corrected chi connectivity index (χ4v) is 5.03. The van der Waals surface area contributed by atoms with Crippen LogP contribution >= 0.6 is 0 Å². The summed E-state index contributed by atoms with van der Waals surface area (Å²) < 4.78 is 0. The molecule has 1 atom stereocenters. The summed E-state index contributed by atoms with van der Waals surface area (Å²) in [4.78, 5) is 5.12. The topological polar surface area (TPSA) is 30.5 Å². The summed E-state index contributed by atoms with van der Waals surface area (Å²) in [6.07, 6.45) is 2.24. The lowest BCUT2D eigenvalue weighted by molar-refractivity contribution is 0.180. The second kappa shape index (κ2) is 9.60. The Morgan fingerprint density at radius 1 is 0.750 bits per heavy atom. The van der Waals surface area contributed by atoms with Crippen LogP contribution < -0.4 is 15.5 Å². The molecule has 3 aromatic rings. The second-order valence-electron chi connectivity index (χ2n) is 8.72. The maximum absolute atomic E-state index is 3.54. The molecule has 4 heteroatoms. The molecule has 164 valence electrons. The molecule has 0 radical (unpaired) electrons. The maximum atomic E-state index is 3.54. The molecule has 2 aliphatic heterocycles. The lowest BCUT2D eigenvalue weighted by atomic mass is 9.82. The van der Waals surface area contributed by atoms with E-state index in [1.807, 2.05) is 0 Å². The Hall–Kier alpha value is -3.08. The lowest BCUT2D eigenvalue weighted by Gasteiger charge is -2.42. The highest BCUT2D eigenvalue weighted by Gasteiger charge is 2.37. The van der Waals surface area contributed by atoms with E-state index >= 15 is 0 Å². The summed E-state index contributed by atoms with van der Waals surface area (Å²) >= 11 is 0. The van der Waals surface area contributed by atoms with Crippen LogP contribution in [0.1, 0.15) is 22.6 Å². The van der Waals surface area contributed by atoms with Crippen molar-refractivity contribution in [2.24, 2.45) is 0 Å². The van der Waals surface area contributed by atoms with Gasteiger partial charge < -0.3 is 15.5 Å². The van der Waals surface area contributed by atoms with Crippen LogP contribution in [0.15, 0.2) is 96.8 Å². The van der Waals surface area contributed by atoms with Crippen LogP contribution in [0.5, 0.6) is 0 Å². The second-order valence-corrected chi connectivity index (χ2v) is 8.72. The molecule has 1 unspecified atom stereocenters. The first-order valence-corrected chi connectivity index (χ1v) is 11.6. The molecule has 1 saturated heterocycles. The smallest absolute Gasteiger partial charge is 0.0919 e. The summed E-state index contributed by atoms with van der Waals surface area (Å²) in [7, 11) is 0. The third-order valence-corrected chi connectivity index (χ3v) is 6.64. The molecule has 0 aliphatic carbocycles. The van der Waals surface area contributed by atoms with E-state index in [4.69, 9.17) is 0 Å². The molecule has 2 aliphatic rings. The molecule has 3 aromatic carbocycles. The van der Waals surface area contributed by atoms with Crippen LogP contribution in [0.25, 0.3) is 0 Å². The van der Waals surface area contributed by atoms with Gasteiger partial charge in [0.05, 0.1) is 18.4 Å². The number of rotatable bonds is 6. The molecule has 32 heavy (non-hydrogen) atoms. The van der Waals surface area contributed by atoms with Gasteiger partial charge >= 0.3 is 0 Å². The predicted molar refractivity (Wildman–Crippen MR) is 133 cm³/mol. The number of benzene rings is 3. The highest BCUT2D eigenvalue weighted by molar-refractivity contribution is 5.56. The van der Waals surface area contributed by atoms with Crippen LogP contribution in [-0.4, -0.2) is 43.8 Å². The monoisotopic (exact) mass is 424 g/mol. The minimum Gasteiger partial charge on any atom is -0.372 e. The van der Waals surface area contributed by atoms with Crippen molar-refractivity contribution in [2.45, 2.75) is 18.9 Å². The number of nitrogens with one attached hydrogen (secondary N) is 2. The normalized spacial score (nSPS) is 17.8. The van der Waals surface area contributed by atoms with Gasteiger partial charge in [0.2, 0.25) is 0 Å². The fourth-order valence-electron chi connectivity index (χ4n) is 5.03. The Morgan fingerprint density at radius 2 is 1.34 bits per heavy atom. The Bertz CT molecular complexity index is 985. The van der Waals surface area contributed by atoms with Crippen LogP contribution in [0.2, 0.25) is 0 Å². The van der Waals surface area contributed by atoms with Crippen LogP contribution in [0.3, 0.4) is 0 Å². The summed E-state index contributed by atoms with van der Waals surface area (Å²) in [6.45, 7) is 7.08. The molecule has 1 fully saturated rings. The molecule has 2 N–H and O–H groups in total. The van der Waals surface area contributed by atoms with E-state index in [1.165, 1.54) is 28.1 Å². The van der Waals surface area contributed by atoms with Gasteiger partial charge in [-0.3, -0.25) is 4.90 Å². The van der Waals surface area contributed by atoms with Gasteiger partial charge in [-0.25, -0.2) is 0 Å². The van der Waals surface area contributed by atoms with Crippen molar-refractivity contribution in [1.82, 2.24) is 15.5 Å². The van der Waals surface area contributed by atoms with Gasteiger partial charge in [-0.05, 0) is 30.2 Å². The summed E-state index contributed by atoms with van der Waals surface area (Å²) in [5.41, 5.74) is 6.59. The van der Waals surface area contributed by atoms with Crippen molar-refractivity contribution >= 4 is 5.69 Å². The van der Waals surface area contributed by atoms with Gasteiger partial charge in [0.15, 0.2) is 0 Å². The zero-order valence-electron chi connectivity index (χ0n) is 18.7. The number of hydrogen-bond acceptors (Lipinski definition) is 4. The molecule has 5 rings (SSSR count). The Morgan fingerprint density at radius 3 is 1.94 bits per heavy atom. The lowest BCUT2D eigenvalue weighted by Crippen LogP contribution is -2.53. The van der Waals surface area contributed by atoms with E-state index in [1.54, 1.807) is 0 Å². The third-order valence-electron chi connectivity index (χ3n) is 6.64. The standard InChI is InChI=1S/C28H32N4/c1-22-12-14-25(15-13-22)32-21-30-20-26(32)28(31-18-16-29-17-19-31)27(23-8-4-2-5-9-23)24-10-6-3-7-11-24/h2-15,20,27-30H,16-19,21H2,1H3. The molecule has 2 heterocycles. The quantitative estimate of drug-likeness (QED) is 0.617. The molecule has 4 nitrogen and oxygen atoms in total. The van der Waals surface area contributed by atoms with Crippen molar-refractivity contribution in [3.8, 4) is 0 Å². The largest absolute Gasteiger partial charge is 0.372 e. The van der Waals surface area contributed by atoms with Gasteiger partial charge in [0.25, 0.3) is 0 Å². The van der Waals surface area contributed by atoms with Crippen molar-refractivity contribution in [2.75, 3.05) is 37.7 Å². The van der Waals surface area contributed by atoms with Gasteiger partial charge in [0.1, 0.15) is 0 Å². The maximum Gasteiger partial charge on any atom is 0.0919 e. The van der Waals surface area contributed by atoms with Gasteiger partial charge in [-0.1, -0.05) is 78.4 Å². The van der Waals surface area contributed by atoms with E-state index in [2.05, 4.69) is 118 Å². The molecule has 0 saturated carbocycles. The first-order chi connectivity index (χ1) is 15.8. The first-order valence-electron chi connectivity index (χ1n) is 11.6. The number of aryl methyl sites for hydroxylation is 1. The molecular formula is C28H32N4. The zero-order valence-corrected chi connectivity index (χ0v) is 18.7. The van der Waals surface area contributed by atoms with Gasteiger partial charge in [-0.2, -0.15) is 0 Å².